The van der Waals surface area contributed by atoms with E-state index in [0.717, 1.165) is 12.0 Å². The van der Waals surface area contributed by atoms with Crippen molar-refractivity contribution in [3.05, 3.63) is 64.1 Å². The number of carbonyl (C=O) groups excluding carboxylic acids is 1. The zero-order valence-electron chi connectivity index (χ0n) is 15.1. The lowest BCUT2D eigenvalue weighted by Gasteiger charge is -2.34. The molecule has 1 aliphatic rings. The summed E-state index contributed by atoms with van der Waals surface area (Å²) in [5, 5.41) is 3.10. The molecule has 0 aliphatic carbocycles. The van der Waals surface area contributed by atoms with Gasteiger partial charge < -0.3 is 10.2 Å². The van der Waals surface area contributed by atoms with Crippen LogP contribution in [-0.4, -0.2) is 56.4 Å². The number of amides is 2. The van der Waals surface area contributed by atoms with Crippen LogP contribution in [0, 0.1) is 0 Å². The molecule has 1 saturated heterocycles. The lowest BCUT2D eigenvalue weighted by Crippen LogP contribution is -2.53. The fraction of sp³-hybridized carbons (Fsp3) is 0.316. The fourth-order valence-corrected chi connectivity index (χ4v) is 5.18. The number of hydrogen-bond acceptors (Lipinski definition) is 3. The highest BCUT2D eigenvalue weighted by Crippen LogP contribution is 2.31. The fourth-order valence-electron chi connectivity index (χ4n) is 3.02. The summed E-state index contributed by atoms with van der Waals surface area (Å²) in [6.45, 7) is 1.57. The molecule has 1 N–H and O–H groups in total. The maximum absolute atomic E-state index is 12.8. The third-order valence-electron chi connectivity index (χ3n) is 4.59. The van der Waals surface area contributed by atoms with Crippen LogP contribution in [-0.2, 0) is 16.4 Å². The average molecular weight is 442 g/mol. The van der Waals surface area contributed by atoms with E-state index >= 15 is 0 Å². The van der Waals surface area contributed by atoms with Gasteiger partial charge in [0, 0.05) is 32.7 Å². The molecule has 2 amide bonds. The molecule has 0 radical (unpaired) electrons. The molecular formula is C19H21Cl2N3O3S. The molecule has 28 heavy (non-hydrogen) atoms. The smallest absolute Gasteiger partial charge is 0.317 e. The Morgan fingerprint density at radius 3 is 2.32 bits per heavy atom. The predicted octanol–water partition coefficient (Wildman–Crippen LogP) is 3.25. The first kappa shape index (κ1) is 20.9. The Hall–Kier alpha value is -1.80. The van der Waals surface area contributed by atoms with Gasteiger partial charge in [-0.1, -0.05) is 59.6 Å². The number of carbonyl (C=O) groups is 1. The Balaban J connectivity index is 1.53. The minimum Gasteiger partial charge on any atom is -0.338 e. The number of sulfonamides is 1. The number of piperazine rings is 1. The third kappa shape index (κ3) is 4.78. The van der Waals surface area contributed by atoms with Gasteiger partial charge in [-0.25, -0.2) is 13.2 Å². The molecule has 3 rings (SSSR count). The van der Waals surface area contributed by atoms with Crippen LogP contribution >= 0.6 is 23.2 Å². The largest absolute Gasteiger partial charge is 0.338 e. The zero-order chi connectivity index (χ0) is 20.1. The van der Waals surface area contributed by atoms with Crippen molar-refractivity contribution in [1.29, 1.82) is 0 Å². The molecule has 0 aromatic heterocycles. The molecule has 0 saturated carbocycles. The minimum absolute atomic E-state index is 0.0116. The van der Waals surface area contributed by atoms with Crippen LogP contribution in [0.15, 0.2) is 53.4 Å². The van der Waals surface area contributed by atoms with Crippen molar-refractivity contribution in [1.82, 2.24) is 14.5 Å². The van der Waals surface area contributed by atoms with Gasteiger partial charge >= 0.3 is 6.03 Å². The Morgan fingerprint density at radius 1 is 0.964 bits per heavy atom. The van der Waals surface area contributed by atoms with Crippen LogP contribution in [0.4, 0.5) is 4.79 Å². The highest BCUT2D eigenvalue weighted by atomic mass is 35.5. The molecule has 2 aromatic rings. The van der Waals surface area contributed by atoms with Crippen LogP contribution in [0.2, 0.25) is 10.0 Å². The second-order valence-electron chi connectivity index (χ2n) is 6.41. The molecule has 150 valence electrons. The van der Waals surface area contributed by atoms with Crippen LogP contribution < -0.4 is 5.32 Å². The second kappa shape index (κ2) is 9.13. The van der Waals surface area contributed by atoms with Gasteiger partial charge in [0.05, 0.1) is 10.0 Å². The van der Waals surface area contributed by atoms with E-state index in [9.17, 15) is 13.2 Å². The zero-order valence-corrected chi connectivity index (χ0v) is 17.5. The first-order chi connectivity index (χ1) is 13.4. The van der Waals surface area contributed by atoms with Crippen molar-refractivity contribution in [3.8, 4) is 0 Å². The summed E-state index contributed by atoms with van der Waals surface area (Å²) >= 11 is 12.0. The van der Waals surface area contributed by atoms with Crippen molar-refractivity contribution in [2.24, 2.45) is 0 Å². The molecule has 1 fully saturated rings. The van der Waals surface area contributed by atoms with Crippen LogP contribution in [0.1, 0.15) is 5.56 Å². The van der Waals surface area contributed by atoms with Crippen molar-refractivity contribution in [2.45, 2.75) is 11.3 Å². The lowest BCUT2D eigenvalue weighted by molar-refractivity contribution is 0.172. The van der Waals surface area contributed by atoms with E-state index < -0.39 is 10.0 Å². The van der Waals surface area contributed by atoms with Crippen LogP contribution in [0.3, 0.4) is 0 Å². The van der Waals surface area contributed by atoms with Gasteiger partial charge in [-0.05, 0) is 24.1 Å². The maximum Gasteiger partial charge on any atom is 0.317 e. The number of hydrogen-bond donors (Lipinski definition) is 1. The Labute approximate surface area is 175 Å². The number of benzene rings is 2. The molecule has 1 aliphatic heterocycles. The first-order valence-corrected chi connectivity index (χ1v) is 11.1. The molecule has 0 atom stereocenters. The monoisotopic (exact) mass is 441 g/mol. The third-order valence-corrected chi connectivity index (χ3v) is 7.46. The standard InChI is InChI=1S/C19H21Cl2N3O3S/c20-16-7-4-8-17(18(16)21)28(26,27)24-13-11-23(12-14-24)19(25)22-10-9-15-5-2-1-3-6-15/h1-8H,9-14H2,(H,22,25). The molecule has 1 heterocycles. The molecule has 6 nitrogen and oxygen atoms in total. The molecule has 9 heteroatoms. The highest BCUT2D eigenvalue weighted by Gasteiger charge is 2.31. The van der Waals surface area contributed by atoms with E-state index in [1.165, 1.54) is 10.4 Å². The van der Waals surface area contributed by atoms with E-state index in [4.69, 9.17) is 23.2 Å². The Kier molecular flexibility index (Phi) is 6.82. The molecule has 2 aromatic carbocycles. The minimum atomic E-state index is -3.76. The SMILES string of the molecule is O=C(NCCc1ccccc1)N1CCN(S(=O)(=O)c2cccc(Cl)c2Cl)CC1. The topological polar surface area (TPSA) is 69.7 Å². The summed E-state index contributed by atoms with van der Waals surface area (Å²) in [6, 6.07) is 14.2. The van der Waals surface area contributed by atoms with Gasteiger partial charge in [-0.15, -0.1) is 0 Å². The quantitative estimate of drug-likeness (QED) is 0.773. The Morgan fingerprint density at radius 2 is 1.64 bits per heavy atom. The summed E-state index contributed by atoms with van der Waals surface area (Å²) in [5.41, 5.74) is 1.15. The van der Waals surface area contributed by atoms with Gasteiger partial charge in [0.2, 0.25) is 10.0 Å². The average Bonchev–Trinajstić information content (AvgIpc) is 2.70. The predicted molar refractivity (Wildman–Crippen MR) is 110 cm³/mol. The number of rotatable bonds is 5. The van der Waals surface area contributed by atoms with Crippen molar-refractivity contribution in [3.63, 3.8) is 0 Å². The Bertz CT molecular complexity index is 931. The number of nitrogens with one attached hydrogen (secondary N) is 1. The molecule has 0 unspecified atom stereocenters. The second-order valence-corrected chi connectivity index (χ2v) is 9.10. The van der Waals surface area contributed by atoms with Crippen LogP contribution in [0.25, 0.3) is 0 Å². The van der Waals surface area contributed by atoms with Crippen molar-refractivity contribution in [2.75, 3.05) is 32.7 Å². The molecular weight excluding hydrogens is 421 g/mol. The van der Waals surface area contributed by atoms with E-state index in [1.54, 1.807) is 17.0 Å². The highest BCUT2D eigenvalue weighted by molar-refractivity contribution is 7.89. The maximum atomic E-state index is 12.8. The first-order valence-electron chi connectivity index (χ1n) is 8.90. The molecule has 0 bridgehead atoms. The lowest BCUT2D eigenvalue weighted by atomic mass is 10.1. The number of urea groups is 1. The van der Waals surface area contributed by atoms with Gasteiger partial charge in [-0.3, -0.25) is 0 Å². The summed E-state index contributed by atoms with van der Waals surface area (Å²) in [4.78, 5) is 13.9. The number of halogens is 2. The van der Waals surface area contributed by atoms with E-state index in [2.05, 4.69) is 5.32 Å². The van der Waals surface area contributed by atoms with E-state index in [1.807, 2.05) is 30.3 Å². The van der Waals surface area contributed by atoms with Gasteiger partial charge in [0.1, 0.15) is 4.90 Å². The van der Waals surface area contributed by atoms with Crippen molar-refractivity contribution < 1.29 is 13.2 Å². The van der Waals surface area contributed by atoms with Crippen molar-refractivity contribution >= 4 is 39.3 Å². The summed E-state index contributed by atoms with van der Waals surface area (Å²) in [7, 11) is -3.76. The summed E-state index contributed by atoms with van der Waals surface area (Å²) in [6.07, 6.45) is 0.744. The van der Waals surface area contributed by atoms with Gasteiger partial charge in [0.25, 0.3) is 0 Å². The van der Waals surface area contributed by atoms with E-state index in [-0.39, 0.29) is 34.1 Å². The van der Waals surface area contributed by atoms with Gasteiger partial charge in [0.15, 0.2) is 0 Å². The number of nitrogens with zero attached hydrogens (tertiary/aromatic N) is 2. The molecule has 0 spiro atoms. The van der Waals surface area contributed by atoms with E-state index in [0.29, 0.717) is 19.6 Å². The van der Waals surface area contributed by atoms with Crippen LogP contribution in [0.5, 0.6) is 0 Å². The summed E-state index contributed by atoms with van der Waals surface area (Å²) in [5.74, 6) is 0. The summed E-state index contributed by atoms with van der Waals surface area (Å²) < 4.78 is 27.0. The van der Waals surface area contributed by atoms with Gasteiger partial charge in [-0.2, -0.15) is 4.31 Å². The normalized spacial score (nSPS) is 15.4.